The number of rotatable bonds is 6. The topological polar surface area (TPSA) is 79.1 Å². The minimum Gasteiger partial charge on any atom is -0.393 e. The average molecular weight is 447 g/mol. The third kappa shape index (κ3) is 4.47. The molecular weight excluding hydrogens is 428 g/mol. The lowest BCUT2D eigenvalue weighted by molar-refractivity contribution is 1.09. The monoisotopic (exact) mass is 446 g/mol. The maximum atomic E-state index is 6.39. The average Bonchev–Trinajstić information content (AvgIpc) is 2.76. The van der Waals surface area contributed by atoms with E-state index in [0.29, 0.717) is 17.3 Å². The highest BCUT2D eigenvalue weighted by Gasteiger charge is 2.14. The fourth-order valence-electron chi connectivity index (χ4n) is 2.83. The highest BCUT2D eigenvalue weighted by Crippen LogP contribution is 2.30. The number of para-hydroxylation sites is 2. The molecule has 0 unspecified atom stereocenters. The number of hydrogen-bond donors (Lipinski definition) is 3. The molecule has 0 radical (unpaired) electrons. The van der Waals surface area contributed by atoms with Crippen molar-refractivity contribution in [1.29, 1.82) is 0 Å². The smallest absolute Gasteiger partial charge is 0.173 e. The van der Waals surface area contributed by atoms with Gasteiger partial charge in [-0.2, -0.15) is 0 Å². The first-order valence-corrected chi connectivity index (χ1v) is 9.80. The van der Waals surface area contributed by atoms with Crippen LogP contribution >= 0.6 is 15.9 Å². The summed E-state index contributed by atoms with van der Waals surface area (Å²) in [6.07, 6.45) is 1.48. The van der Waals surface area contributed by atoms with E-state index in [2.05, 4.69) is 36.6 Å². The first-order chi connectivity index (χ1) is 14.2. The number of nitrogen functional groups attached to an aromatic ring is 1. The SMILES string of the molecule is Nc1c(Nc2cccc(Br)c2)ncnc1NN(c1ccccc1)c1ccccc1. The Balaban J connectivity index is 1.66. The molecule has 1 aromatic heterocycles. The van der Waals surface area contributed by atoms with Crippen molar-refractivity contribution in [3.63, 3.8) is 0 Å². The molecule has 0 amide bonds. The molecule has 4 aromatic rings. The molecule has 144 valence electrons. The van der Waals surface area contributed by atoms with Gasteiger partial charge >= 0.3 is 0 Å². The second kappa shape index (κ2) is 8.62. The fraction of sp³-hybridized carbons (Fsp3) is 0. The lowest BCUT2D eigenvalue weighted by atomic mass is 10.2. The third-order valence-electron chi connectivity index (χ3n) is 4.22. The molecule has 29 heavy (non-hydrogen) atoms. The Morgan fingerprint density at radius 1 is 0.759 bits per heavy atom. The summed E-state index contributed by atoms with van der Waals surface area (Å²) in [5.74, 6) is 1.03. The Kier molecular flexibility index (Phi) is 5.58. The van der Waals surface area contributed by atoms with Crippen molar-refractivity contribution in [2.24, 2.45) is 0 Å². The van der Waals surface area contributed by atoms with Gasteiger partial charge < -0.3 is 11.1 Å². The summed E-state index contributed by atoms with van der Waals surface area (Å²) in [5.41, 5.74) is 12.9. The summed E-state index contributed by atoms with van der Waals surface area (Å²) in [5, 5.41) is 5.17. The van der Waals surface area contributed by atoms with E-state index < -0.39 is 0 Å². The first kappa shape index (κ1) is 18.8. The Bertz CT molecular complexity index is 1050. The number of nitrogens with zero attached hydrogens (tertiary/aromatic N) is 3. The van der Waals surface area contributed by atoms with Crippen LogP contribution in [0.15, 0.2) is 95.7 Å². The molecule has 0 aliphatic carbocycles. The minimum atomic E-state index is 0.421. The molecule has 3 aromatic carbocycles. The highest BCUT2D eigenvalue weighted by molar-refractivity contribution is 9.10. The van der Waals surface area contributed by atoms with Crippen LogP contribution in [-0.4, -0.2) is 9.97 Å². The molecule has 7 heteroatoms. The molecule has 0 saturated carbocycles. The van der Waals surface area contributed by atoms with E-state index in [1.165, 1.54) is 6.33 Å². The number of aromatic nitrogens is 2. The van der Waals surface area contributed by atoms with Gasteiger partial charge in [0.15, 0.2) is 11.6 Å². The van der Waals surface area contributed by atoms with E-state index in [1.54, 1.807) is 0 Å². The molecule has 0 bridgehead atoms. The standard InChI is InChI=1S/C22H19BrN6/c23-16-8-7-9-17(14-16)27-21-20(24)22(26-15-25-21)28-29(18-10-3-1-4-11-18)19-12-5-2-6-13-19/h1-15H,24H2,(H2,25,26,27,28). The lowest BCUT2D eigenvalue weighted by Gasteiger charge is -2.26. The number of hydrogen-bond acceptors (Lipinski definition) is 6. The van der Waals surface area contributed by atoms with E-state index in [9.17, 15) is 0 Å². The van der Waals surface area contributed by atoms with E-state index in [-0.39, 0.29) is 0 Å². The number of hydrazine groups is 1. The number of benzene rings is 3. The zero-order valence-corrected chi connectivity index (χ0v) is 17.0. The predicted molar refractivity (Wildman–Crippen MR) is 123 cm³/mol. The van der Waals surface area contributed by atoms with Crippen LogP contribution < -0.4 is 21.5 Å². The van der Waals surface area contributed by atoms with Gasteiger partial charge in [0.25, 0.3) is 0 Å². The van der Waals surface area contributed by atoms with Crippen LogP contribution in [0.4, 0.5) is 34.4 Å². The van der Waals surface area contributed by atoms with Crippen molar-refractivity contribution in [1.82, 2.24) is 9.97 Å². The quantitative estimate of drug-likeness (QED) is 0.328. The summed E-state index contributed by atoms with van der Waals surface area (Å²) >= 11 is 3.47. The van der Waals surface area contributed by atoms with Gasteiger partial charge in [-0.05, 0) is 42.5 Å². The molecule has 0 aliphatic rings. The Hall–Kier alpha value is -3.58. The number of nitrogens with two attached hydrogens (primary N) is 1. The van der Waals surface area contributed by atoms with Crippen molar-refractivity contribution in [3.8, 4) is 0 Å². The Labute approximate surface area is 177 Å². The molecule has 0 fully saturated rings. The molecule has 6 nitrogen and oxygen atoms in total. The maximum absolute atomic E-state index is 6.39. The van der Waals surface area contributed by atoms with Gasteiger partial charge in [0.2, 0.25) is 0 Å². The van der Waals surface area contributed by atoms with Crippen molar-refractivity contribution < 1.29 is 0 Å². The number of anilines is 6. The van der Waals surface area contributed by atoms with Gasteiger partial charge in [0, 0.05) is 10.2 Å². The molecular formula is C22H19BrN6. The van der Waals surface area contributed by atoms with E-state index >= 15 is 0 Å². The van der Waals surface area contributed by atoms with Crippen LogP contribution in [0.25, 0.3) is 0 Å². The Morgan fingerprint density at radius 2 is 1.38 bits per heavy atom. The van der Waals surface area contributed by atoms with Crippen LogP contribution in [0, 0.1) is 0 Å². The van der Waals surface area contributed by atoms with E-state index in [0.717, 1.165) is 21.5 Å². The molecule has 0 aliphatic heterocycles. The number of nitrogens with one attached hydrogen (secondary N) is 2. The largest absolute Gasteiger partial charge is 0.393 e. The molecule has 0 saturated heterocycles. The Morgan fingerprint density at radius 3 is 2.00 bits per heavy atom. The molecule has 4 rings (SSSR count). The zero-order valence-electron chi connectivity index (χ0n) is 15.5. The lowest BCUT2D eigenvalue weighted by Crippen LogP contribution is -2.26. The summed E-state index contributed by atoms with van der Waals surface area (Å²) in [7, 11) is 0. The highest BCUT2D eigenvalue weighted by atomic mass is 79.9. The summed E-state index contributed by atoms with van der Waals surface area (Å²) < 4.78 is 0.966. The molecule has 4 N–H and O–H groups in total. The molecule has 0 atom stereocenters. The second-order valence-corrected chi connectivity index (χ2v) is 7.15. The van der Waals surface area contributed by atoms with Crippen molar-refractivity contribution in [2.75, 3.05) is 21.5 Å². The number of halogens is 1. The zero-order chi connectivity index (χ0) is 20.1. The second-order valence-electron chi connectivity index (χ2n) is 6.24. The van der Waals surface area contributed by atoms with E-state index in [4.69, 9.17) is 5.73 Å². The normalized spacial score (nSPS) is 10.4. The van der Waals surface area contributed by atoms with E-state index in [1.807, 2.05) is 89.9 Å². The van der Waals surface area contributed by atoms with Gasteiger partial charge in [0.1, 0.15) is 12.0 Å². The van der Waals surface area contributed by atoms with Crippen LogP contribution in [0.5, 0.6) is 0 Å². The molecule has 0 spiro atoms. The fourth-order valence-corrected chi connectivity index (χ4v) is 3.22. The van der Waals surface area contributed by atoms with Crippen LogP contribution in [0.3, 0.4) is 0 Å². The van der Waals surface area contributed by atoms with Gasteiger partial charge in [-0.3, -0.25) is 10.4 Å². The summed E-state index contributed by atoms with van der Waals surface area (Å²) in [6.45, 7) is 0. The predicted octanol–water partition coefficient (Wildman–Crippen LogP) is 5.73. The van der Waals surface area contributed by atoms with Gasteiger partial charge in [-0.1, -0.05) is 58.4 Å². The van der Waals surface area contributed by atoms with Crippen LogP contribution in [0.1, 0.15) is 0 Å². The van der Waals surface area contributed by atoms with Crippen molar-refractivity contribution in [2.45, 2.75) is 0 Å². The van der Waals surface area contributed by atoms with Crippen LogP contribution in [0.2, 0.25) is 0 Å². The van der Waals surface area contributed by atoms with Crippen LogP contribution in [-0.2, 0) is 0 Å². The van der Waals surface area contributed by atoms with Gasteiger partial charge in [-0.25, -0.2) is 9.97 Å². The molecule has 1 heterocycles. The van der Waals surface area contributed by atoms with Crippen molar-refractivity contribution >= 4 is 50.3 Å². The maximum Gasteiger partial charge on any atom is 0.173 e. The van der Waals surface area contributed by atoms with Gasteiger partial charge in [-0.15, -0.1) is 0 Å². The summed E-state index contributed by atoms with van der Waals surface area (Å²) in [4.78, 5) is 8.65. The minimum absolute atomic E-state index is 0.421. The third-order valence-corrected chi connectivity index (χ3v) is 4.71. The van der Waals surface area contributed by atoms with Crippen molar-refractivity contribution in [3.05, 3.63) is 95.7 Å². The van der Waals surface area contributed by atoms with Gasteiger partial charge in [0.05, 0.1) is 11.4 Å². The first-order valence-electron chi connectivity index (χ1n) is 9.00. The summed E-state index contributed by atoms with van der Waals surface area (Å²) in [6, 6.07) is 27.7.